The predicted octanol–water partition coefficient (Wildman–Crippen LogP) is 2.10. The van der Waals surface area contributed by atoms with E-state index in [0.29, 0.717) is 6.54 Å². The number of aryl methyl sites for hydroxylation is 1. The Balaban J connectivity index is 1.91. The van der Waals surface area contributed by atoms with Crippen molar-refractivity contribution < 1.29 is 4.42 Å². The van der Waals surface area contributed by atoms with Gasteiger partial charge in [-0.15, -0.1) is 0 Å². The van der Waals surface area contributed by atoms with E-state index < -0.39 is 0 Å². The molecule has 0 fully saturated rings. The monoisotopic (exact) mass is 246 g/mol. The second-order valence-electron chi connectivity index (χ2n) is 4.35. The van der Waals surface area contributed by atoms with Gasteiger partial charge < -0.3 is 14.3 Å². The van der Waals surface area contributed by atoms with Crippen LogP contribution in [0.5, 0.6) is 0 Å². The first-order chi connectivity index (χ1) is 8.68. The standard InChI is InChI=1S/C14H18N2O2/c1-11-5-3-7-14(17)16(11)9-8-15-12(2)13-6-4-10-18-13/h3-7,10,12,15H,8-9H2,1-2H3. The minimum atomic E-state index is 0.0439. The number of rotatable bonds is 5. The summed E-state index contributed by atoms with van der Waals surface area (Å²) < 4.78 is 7.08. The van der Waals surface area contributed by atoms with Gasteiger partial charge in [0, 0.05) is 24.8 Å². The lowest BCUT2D eigenvalue weighted by Crippen LogP contribution is -2.29. The van der Waals surface area contributed by atoms with Gasteiger partial charge in [0.2, 0.25) is 0 Å². The van der Waals surface area contributed by atoms with Crippen molar-refractivity contribution in [2.45, 2.75) is 26.4 Å². The summed E-state index contributed by atoms with van der Waals surface area (Å²) >= 11 is 0. The van der Waals surface area contributed by atoms with Gasteiger partial charge in [0.15, 0.2) is 0 Å². The molecule has 18 heavy (non-hydrogen) atoms. The number of aromatic nitrogens is 1. The quantitative estimate of drug-likeness (QED) is 0.878. The van der Waals surface area contributed by atoms with Gasteiger partial charge in [-0.1, -0.05) is 6.07 Å². The minimum absolute atomic E-state index is 0.0439. The van der Waals surface area contributed by atoms with Gasteiger partial charge in [-0.25, -0.2) is 0 Å². The Morgan fingerprint density at radius 2 is 2.17 bits per heavy atom. The van der Waals surface area contributed by atoms with Crippen LogP contribution in [0.3, 0.4) is 0 Å². The smallest absolute Gasteiger partial charge is 0.250 e. The van der Waals surface area contributed by atoms with Crippen LogP contribution in [0.1, 0.15) is 24.4 Å². The van der Waals surface area contributed by atoms with Gasteiger partial charge >= 0.3 is 0 Å². The van der Waals surface area contributed by atoms with Crippen molar-refractivity contribution in [1.82, 2.24) is 9.88 Å². The molecule has 0 bridgehead atoms. The van der Waals surface area contributed by atoms with Gasteiger partial charge in [-0.05, 0) is 32.0 Å². The van der Waals surface area contributed by atoms with Crippen LogP contribution in [0.4, 0.5) is 0 Å². The molecule has 4 nitrogen and oxygen atoms in total. The molecule has 0 saturated carbocycles. The molecule has 1 unspecified atom stereocenters. The Labute approximate surface area is 106 Å². The summed E-state index contributed by atoms with van der Waals surface area (Å²) in [4.78, 5) is 11.7. The molecular formula is C14H18N2O2. The van der Waals surface area contributed by atoms with E-state index in [1.165, 1.54) is 0 Å². The van der Waals surface area contributed by atoms with Crippen molar-refractivity contribution in [3.8, 4) is 0 Å². The number of nitrogens with zero attached hydrogens (tertiary/aromatic N) is 1. The molecule has 0 aliphatic heterocycles. The highest BCUT2D eigenvalue weighted by molar-refractivity contribution is 5.05. The van der Waals surface area contributed by atoms with Gasteiger partial charge in [-0.2, -0.15) is 0 Å². The Hall–Kier alpha value is -1.81. The summed E-state index contributed by atoms with van der Waals surface area (Å²) in [6.45, 7) is 5.37. The molecule has 0 saturated heterocycles. The topological polar surface area (TPSA) is 47.2 Å². The third-order valence-corrected chi connectivity index (χ3v) is 3.02. The molecule has 0 aliphatic rings. The summed E-state index contributed by atoms with van der Waals surface area (Å²) in [7, 11) is 0. The average Bonchev–Trinajstić information content (AvgIpc) is 2.86. The van der Waals surface area contributed by atoms with Gasteiger partial charge in [0.1, 0.15) is 5.76 Å². The molecule has 2 aromatic heterocycles. The maximum absolute atomic E-state index is 11.7. The number of pyridine rings is 1. The van der Waals surface area contributed by atoms with Crippen LogP contribution >= 0.6 is 0 Å². The summed E-state index contributed by atoms with van der Waals surface area (Å²) in [6.07, 6.45) is 1.67. The van der Waals surface area contributed by atoms with Crippen LogP contribution in [0.25, 0.3) is 0 Å². The molecule has 4 heteroatoms. The summed E-state index contributed by atoms with van der Waals surface area (Å²) in [5.41, 5.74) is 1.03. The lowest BCUT2D eigenvalue weighted by atomic mass is 10.2. The first kappa shape index (κ1) is 12.6. The summed E-state index contributed by atoms with van der Waals surface area (Å²) in [6, 6.07) is 9.28. The van der Waals surface area contributed by atoms with E-state index in [4.69, 9.17) is 4.42 Å². The maximum Gasteiger partial charge on any atom is 0.250 e. The average molecular weight is 246 g/mol. The highest BCUT2D eigenvalue weighted by Gasteiger charge is 2.07. The van der Waals surface area contributed by atoms with E-state index in [1.807, 2.05) is 32.0 Å². The molecule has 0 spiro atoms. The Kier molecular flexibility index (Phi) is 3.99. The summed E-state index contributed by atoms with van der Waals surface area (Å²) in [5, 5.41) is 3.33. The molecule has 0 aliphatic carbocycles. The number of nitrogens with one attached hydrogen (secondary N) is 1. The minimum Gasteiger partial charge on any atom is -0.468 e. The molecule has 96 valence electrons. The van der Waals surface area contributed by atoms with Gasteiger partial charge in [0.25, 0.3) is 5.56 Å². The van der Waals surface area contributed by atoms with Crippen LogP contribution < -0.4 is 10.9 Å². The number of hydrogen-bond acceptors (Lipinski definition) is 3. The third-order valence-electron chi connectivity index (χ3n) is 3.02. The first-order valence-electron chi connectivity index (χ1n) is 6.12. The lowest BCUT2D eigenvalue weighted by molar-refractivity contribution is 0.421. The molecular weight excluding hydrogens is 228 g/mol. The second kappa shape index (κ2) is 5.69. The van der Waals surface area contributed by atoms with E-state index in [9.17, 15) is 4.79 Å². The van der Waals surface area contributed by atoms with E-state index in [-0.39, 0.29) is 11.6 Å². The van der Waals surface area contributed by atoms with Crippen molar-refractivity contribution in [1.29, 1.82) is 0 Å². The Bertz CT molecular complexity index is 543. The van der Waals surface area contributed by atoms with Crippen LogP contribution in [0, 0.1) is 6.92 Å². The van der Waals surface area contributed by atoms with Crippen molar-refractivity contribution in [3.63, 3.8) is 0 Å². The summed E-state index contributed by atoms with van der Waals surface area (Å²) in [5.74, 6) is 0.909. The Morgan fingerprint density at radius 1 is 1.33 bits per heavy atom. The zero-order valence-electron chi connectivity index (χ0n) is 10.7. The van der Waals surface area contributed by atoms with Crippen molar-refractivity contribution in [3.05, 3.63) is 58.4 Å². The Morgan fingerprint density at radius 3 is 2.83 bits per heavy atom. The SMILES string of the molecule is Cc1cccc(=O)n1CCNC(C)c1ccco1. The maximum atomic E-state index is 11.7. The molecule has 0 radical (unpaired) electrons. The van der Waals surface area contributed by atoms with Crippen molar-refractivity contribution in [2.75, 3.05) is 6.54 Å². The highest BCUT2D eigenvalue weighted by atomic mass is 16.3. The normalized spacial score (nSPS) is 12.6. The highest BCUT2D eigenvalue weighted by Crippen LogP contribution is 2.11. The molecule has 0 aromatic carbocycles. The molecule has 2 rings (SSSR count). The van der Waals surface area contributed by atoms with Crippen LogP contribution in [-0.2, 0) is 6.54 Å². The predicted molar refractivity (Wildman–Crippen MR) is 70.6 cm³/mol. The van der Waals surface area contributed by atoms with Gasteiger partial charge in [0.05, 0.1) is 12.3 Å². The third kappa shape index (κ3) is 2.90. The molecule has 0 amide bonds. The van der Waals surface area contributed by atoms with Gasteiger partial charge in [-0.3, -0.25) is 4.79 Å². The molecule has 2 aromatic rings. The van der Waals surface area contributed by atoms with E-state index in [2.05, 4.69) is 5.32 Å². The van der Waals surface area contributed by atoms with Crippen molar-refractivity contribution >= 4 is 0 Å². The first-order valence-corrected chi connectivity index (χ1v) is 6.12. The molecule has 1 atom stereocenters. The van der Waals surface area contributed by atoms with E-state index >= 15 is 0 Å². The van der Waals surface area contributed by atoms with Crippen molar-refractivity contribution in [2.24, 2.45) is 0 Å². The molecule has 1 N–H and O–H groups in total. The number of furan rings is 1. The largest absolute Gasteiger partial charge is 0.468 e. The fourth-order valence-corrected chi connectivity index (χ4v) is 1.94. The van der Waals surface area contributed by atoms with Crippen LogP contribution in [-0.4, -0.2) is 11.1 Å². The fourth-order valence-electron chi connectivity index (χ4n) is 1.94. The lowest BCUT2D eigenvalue weighted by Gasteiger charge is -2.13. The number of hydrogen-bond donors (Lipinski definition) is 1. The van der Waals surface area contributed by atoms with Crippen LogP contribution in [0.15, 0.2) is 45.8 Å². The van der Waals surface area contributed by atoms with E-state index in [0.717, 1.165) is 18.0 Å². The molecule has 2 heterocycles. The van der Waals surface area contributed by atoms with Crippen LogP contribution in [0.2, 0.25) is 0 Å². The van der Waals surface area contributed by atoms with E-state index in [1.54, 1.807) is 23.0 Å². The zero-order chi connectivity index (χ0) is 13.0. The fraction of sp³-hybridized carbons (Fsp3) is 0.357. The zero-order valence-corrected chi connectivity index (χ0v) is 10.7. The second-order valence-corrected chi connectivity index (χ2v) is 4.35.